The molecule has 20 heavy (non-hydrogen) atoms. The van der Waals surface area contributed by atoms with Crippen molar-refractivity contribution in [2.75, 3.05) is 18.0 Å². The molecule has 2 aliphatic rings. The number of anilines is 1. The molecule has 104 valence electrons. The van der Waals surface area contributed by atoms with Gasteiger partial charge in [0.15, 0.2) is 0 Å². The summed E-state index contributed by atoms with van der Waals surface area (Å²) >= 11 is 0. The van der Waals surface area contributed by atoms with E-state index in [0.29, 0.717) is 6.54 Å². The summed E-state index contributed by atoms with van der Waals surface area (Å²) in [6.45, 7) is 2.86. The fraction of sp³-hybridized carbons (Fsp3) is 0.471. The van der Waals surface area contributed by atoms with Crippen LogP contribution in [-0.2, 0) is 6.54 Å². The number of hydrogen-bond acceptors (Lipinski definition) is 3. The first-order valence-corrected chi connectivity index (χ1v) is 7.69. The van der Waals surface area contributed by atoms with Crippen LogP contribution in [-0.4, -0.2) is 18.1 Å². The van der Waals surface area contributed by atoms with Crippen LogP contribution in [0, 0.1) is 11.8 Å². The number of hydrogen-bond donors (Lipinski definition) is 1. The van der Waals surface area contributed by atoms with E-state index in [1.807, 2.05) is 0 Å². The van der Waals surface area contributed by atoms with Crippen molar-refractivity contribution in [3.05, 3.63) is 36.0 Å². The first kappa shape index (κ1) is 12.2. The van der Waals surface area contributed by atoms with Crippen LogP contribution in [0.25, 0.3) is 10.8 Å². The molecule has 4 rings (SSSR count). The lowest BCUT2D eigenvalue weighted by Gasteiger charge is -2.21. The van der Waals surface area contributed by atoms with Crippen LogP contribution >= 0.6 is 0 Å². The summed E-state index contributed by atoms with van der Waals surface area (Å²) in [5.74, 6) is 2.92. The van der Waals surface area contributed by atoms with E-state index in [-0.39, 0.29) is 0 Å². The number of nitrogens with zero attached hydrogens (tertiary/aromatic N) is 2. The first-order chi connectivity index (χ1) is 9.85. The standard InChI is InChI=1S/C17H21N3/c18-9-15-8-12-4-1-2-7-16(12)17(19-15)20-10-13-5-3-6-14(13)11-20/h1-2,4,7-8,13-14H,3,5-6,9-11,18H2. The van der Waals surface area contributed by atoms with Crippen LogP contribution in [0.4, 0.5) is 5.82 Å². The maximum Gasteiger partial charge on any atom is 0.136 e. The molecule has 2 heterocycles. The summed E-state index contributed by atoms with van der Waals surface area (Å²) in [4.78, 5) is 7.33. The summed E-state index contributed by atoms with van der Waals surface area (Å²) in [5, 5.41) is 2.53. The largest absolute Gasteiger partial charge is 0.356 e. The molecule has 0 radical (unpaired) electrons. The average Bonchev–Trinajstić information content (AvgIpc) is 3.07. The Hall–Kier alpha value is -1.61. The first-order valence-electron chi connectivity index (χ1n) is 7.69. The third-order valence-corrected chi connectivity index (χ3v) is 5.01. The van der Waals surface area contributed by atoms with Gasteiger partial charge in [0.2, 0.25) is 0 Å². The Kier molecular flexibility index (Phi) is 2.88. The van der Waals surface area contributed by atoms with Crippen molar-refractivity contribution in [1.82, 2.24) is 4.98 Å². The summed E-state index contributed by atoms with van der Waals surface area (Å²) in [5.41, 5.74) is 6.82. The van der Waals surface area contributed by atoms with Gasteiger partial charge in [-0.25, -0.2) is 4.98 Å². The molecule has 0 amide bonds. The van der Waals surface area contributed by atoms with E-state index in [0.717, 1.165) is 23.3 Å². The van der Waals surface area contributed by atoms with E-state index in [1.165, 1.54) is 43.1 Å². The minimum Gasteiger partial charge on any atom is -0.356 e. The summed E-state index contributed by atoms with van der Waals surface area (Å²) < 4.78 is 0. The number of fused-ring (bicyclic) bond motifs is 2. The van der Waals surface area contributed by atoms with Gasteiger partial charge in [-0.3, -0.25) is 0 Å². The lowest BCUT2D eigenvalue weighted by atomic mass is 10.0. The van der Waals surface area contributed by atoms with Gasteiger partial charge in [0, 0.05) is 25.0 Å². The number of nitrogens with two attached hydrogens (primary N) is 1. The molecule has 2 N–H and O–H groups in total. The van der Waals surface area contributed by atoms with E-state index in [1.54, 1.807) is 0 Å². The molecule has 2 aromatic rings. The number of pyridine rings is 1. The molecule has 3 heteroatoms. The zero-order valence-corrected chi connectivity index (χ0v) is 11.8. The minimum absolute atomic E-state index is 0.512. The van der Waals surface area contributed by atoms with Crippen LogP contribution in [0.1, 0.15) is 25.0 Å². The predicted octanol–water partition coefficient (Wildman–Crippen LogP) is 2.93. The molecule has 1 saturated heterocycles. The smallest absolute Gasteiger partial charge is 0.136 e. The zero-order chi connectivity index (χ0) is 13.5. The van der Waals surface area contributed by atoms with E-state index in [4.69, 9.17) is 10.7 Å². The third kappa shape index (κ3) is 1.88. The maximum absolute atomic E-state index is 5.82. The number of rotatable bonds is 2. The number of aromatic nitrogens is 1. The molecule has 1 aromatic heterocycles. The van der Waals surface area contributed by atoms with Crippen LogP contribution in [0.3, 0.4) is 0 Å². The average molecular weight is 267 g/mol. The van der Waals surface area contributed by atoms with Gasteiger partial charge in [-0.1, -0.05) is 30.7 Å². The van der Waals surface area contributed by atoms with Crippen molar-refractivity contribution in [1.29, 1.82) is 0 Å². The molecular formula is C17H21N3. The van der Waals surface area contributed by atoms with Crippen molar-refractivity contribution in [2.45, 2.75) is 25.8 Å². The molecule has 3 nitrogen and oxygen atoms in total. The lowest BCUT2D eigenvalue weighted by molar-refractivity contribution is 0.494. The Morgan fingerprint density at radius 2 is 1.90 bits per heavy atom. The van der Waals surface area contributed by atoms with Gasteiger partial charge in [0.25, 0.3) is 0 Å². The molecular weight excluding hydrogens is 246 g/mol. The predicted molar refractivity (Wildman–Crippen MR) is 82.7 cm³/mol. The van der Waals surface area contributed by atoms with Gasteiger partial charge in [-0.15, -0.1) is 0 Å². The fourth-order valence-electron chi connectivity index (χ4n) is 3.99. The van der Waals surface area contributed by atoms with Crippen LogP contribution in [0.5, 0.6) is 0 Å². The lowest BCUT2D eigenvalue weighted by Crippen LogP contribution is -2.22. The van der Waals surface area contributed by atoms with E-state index in [2.05, 4.69) is 35.2 Å². The molecule has 1 aliphatic carbocycles. The highest BCUT2D eigenvalue weighted by molar-refractivity contribution is 5.92. The Morgan fingerprint density at radius 1 is 1.15 bits per heavy atom. The monoisotopic (exact) mass is 267 g/mol. The van der Waals surface area contributed by atoms with Crippen LogP contribution in [0.2, 0.25) is 0 Å². The van der Waals surface area contributed by atoms with Gasteiger partial charge >= 0.3 is 0 Å². The second-order valence-electron chi connectivity index (χ2n) is 6.22. The van der Waals surface area contributed by atoms with Crippen molar-refractivity contribution >= 4 is 16.6 Å². The quantitative estimate of drug-likeness (QED) is 0.909. The highest BCUT2D eigenvalue weighted by Gasteiger charge is 2.37. The van der Waals surface area contributed by atoms with Gasteiger partial charge in [0.05, 0.1) is 5.69 Å². The van der Waals surface area contributed by atoms with Gasteiger partial charge in [-0.05, 0) is 36.1 Å². The molecule has 1 aromatic carbocycles. The molecule has 1 saturated carbocycles. The summed E-state index contributed by atoms with van der Waals surface area (Å²) in [7, 11) is 0. The SMILES string of the molecule is NCc1cc2ccccc2c(N2CC3CCCC3C2)n1. The summed E-state index contributed by atoms with van der Waals surface area (Å²) in [6, 6.07) is 10.7. The molecule has 2 atom stereocenters. The van der Waals surface area contributed by atoms with Crippen LogP contribution < -0.4 is 10.6 Å². The maximum atomic E-state index is 5.82. The topological polar surface area (TPSA) is 42.1 Å². The van der Waals surface area contributed by atoms with Crippen molar-refractivity contribution in [3.8, 4) is 0 Å². The van der Waals surface area contributed by atoms with E-state index >= 15 is 0 Å². The van der Waals surface area contributed by atoms with Crippen molar-refractivity contribution in [3.63, 3.8) is 0 Å². The normalized spacial score (nSPS) is 25.4. The molecule has 2 fully saturated rings. The number of benzene rings is 1. The Bertz CT molecular complexity index is 625. The molecule has 0 bridgehead atoms. The zero-order valence-electron chi connectivity index (χ0n) is 11.8. The Labute approximate surface area is 119 Å². The van der Waals surface area contributed by atoms with Gasteiger partial charge < -0.3 is 10.6 Å². The minimum atomic E-state index is 0.512. The molecule has 2 unspecified atom stereocenters. The second kappa shape index (κ2) is 4.74. The molecule has 0 spiro atoms. The van der Waals surface area contributed by atoms with Gasteiger partial charge in [-0.2, -0.15) is 0 Å². The highest BCUT2D eigenvalue weighted by Crippen LogP contribution is 2.40. The molecule has 1 aliphatic heterocycles. The van der Waals surface area contributed by atoms with Gasteiger partial charge in [0.1, 0.15) is 5.82 Å². The fourth-order valence-corrected chi connectivity index (χ4v) is 3.99. The van der Waals surface area contributed by atoms with Crippen molar-refractivity contribution in [2.24, 2.45) is 17.6 Å². The van der Waals surface area contributed by atoms with E-state index < -0.39 is 0 Å². The van der Waals surface area contributed by atoms with E-state index in [9.17, 15) is 0 Å². The second-order valence-corrected chi connectivity index (χ2v) is 6.22. The van der Waals surface area contributed by atoms with Crippen molar-refractivity contribution < 1.29 is 0 Å². The third-order valence-electron chi connectivity index (χ3n) is 5.01. The van der Waals surface area contributed by atoms with Crippen LogP contribution in [0.15, 0.2) is 30.3 Å². The highest BCUT2D eigenvalue weighted by atomic mass is 15.2. The summed E-state index contributed by atoms with van der Waals surface area (Å²) in [6.07, 6.45) is 4.21. The Balaban J connectivity index is 1.78. The Morgan fingerprint density at radius 3 is 2.65 bits per heavy atom.